The number of methoxy groups -OCH3 is 1. The number of amidine groups is 1. The molecule has 0 spiro atoms. The molecule has 2 unspecified atom stereocenters. The zero-order chi connectivity index (χ0) is 23.7. The molecule has 0 saturated carbocycles. The first-order valence-corrected chi connectivity index (χ1v) is 10.8. The topological polar surface area (TPSA) is 91.6 Å². The average Bonchev–Trinajstić information content (AvgIpc) is 2.76. The van der Waals surface area contributed by atoms with Gasteiger partial charge in [0.25, 0.3) is 0 Å². The van der Waals surface area contributed by atoms with Crippen LogP contribution in [-0.4, -0.2) is 66.7 Å². The van der Waals surface area contributed by atoms with Crippen molar-refractivity contribution in [2.75, 3.05) is 26.9 Å². The molecule has 1 N–H and O–H groups in total. The van der Waals surface area contributed by atoms with Crippen LogP contribution in [0.25, 0.3) is 0 Å². The summed E-state index contributed by atoms with van der Waals surface area (Å²) in [5, 5.41) is 11.0. The molecule has 1 aromatic carbocycles. The minimum Gasteiger partial charge on any atom is -0.496 e. The van der Waals surface area contributed by atoms with Gasteiger partial charge < -0.3 is 14.7 Å². The lowest BCUT2D eigenvalue weighted by atomic mass is 9.81. The Labute approximate surface area is 188 Å². The fourth-order valence-corrected chi connectivity index (χ4v) is 4.10. The highest BCUT2D eigenvalue weighted by atomic mass is 19.1. The number of nitrogens with zero attached hydrogens (tertiary/aromatic N) is 3. The van der Waals surface area contributed by atoms with Crippen molar-refractivity contribution in [2.24, 2.45) is 9.98 Å². The summed E-state index contributed by atoms with van der Waals surface area (Å²) >= 11 is 0. The highest BCUT2D eigenvalue weighted by molar-refractivity contribution is 6.04. The van der Waals surface area contributed by atoms with Crippen molar-refractivity contribution in [3.63, 3.8) is 0 Å². The monoisotopic (exact) mass is 445 g/mol. The maximum atomic E-state index is 13.2. The molecule has 1 saturated heterocycles. The third-order valence-electron chi connectivity index (χ3n) is 5.59. The Balaban J connectivity index is 2.46. The number of aliphatic imine (C=N–C) groups is 2. The van der Waals surface area contributed by atoms with Crippen LogP contribution in [0.3, 0.4) is 0 Å². The zero-order valence-electron chi connectivity index (χ0n) is 19.0. The number of carbonyl (C=O) groups is 2. The third kappa shape index (κ3) is 6.32. The Morgan fingerprint density at radius 2 is 2.09 bits per heavy atom. The van der Waals surface area contributed by atoms with Gasteiger partial charge in [0.05, 0.1) is 19.1 Å². The van der Waals surface area contributed by atoms with Gasteiger partial charge in [-0.05, 0) is 43.9 Å². The number of aryl methyl sites for hydroxylation is 1. The second kappa shape index (κ2) is 12.2. The average molecular weight is 446 g/mol. The Morgan fingerprint density at radius 1 is 1.38 bits per heavy atom. The predicted molar refractivity (Wildman–Crippen MR) is 123 cm³/mol. The lowest BCUT2D eigenvalue weighted by molar-refractivity contribution is -0.130. The van der Waals surface area contributed by atoms with E-state index in [1.54, 1.807) is 17.0 Å². The lowest BCUT2D eigenvalue weighted by Gasteiger charge is -2.29. The van der Waals surface area contributed by atoms with E-state index in [1.165, 1.54) is 20.2 Å². The molecule has 7 nitrogen and oxygen atoms in total. The van der Waals surface area contributed by atoms with Crippen molar-refractivity contribution in [2.45, 2.75) is 51.6 Å². The van der Waals surface area contributed by atoms with Gasteiger partial charge in [-0.1, -0.05) is 6.58 Å². The smallest absolute Gasteiger partial charge is 0.219 e. The van der Waals surface area contributed by atoms with E-state index in [4.69, 9.17) is 4.74 Å². The van der Waals surface area contributed by atoms with Crippen molar-refractivity contribution in [1.29, 1.82) is 0 Å². The van der Waals surface area contributed by atoms with Crippen molar-refractivity contribution >= 4 is 23.7 Å². The molecule has 1 aliphatic heterocycles. The number of ether oxygens (including phenoxy) is 1. The summed E-state index contributed by atoms with van der Waals surface area (Å²) in [5.41, 5.74) is 1.96. The normalized spacial score (nSPS) is 21.0. The second-order valence-electron chi connectivity index (χ2n) is 7.77. The van der Waals surface area contributed by atoms with Gasteiger partial charge in [-0.2, -0.15) is 0 Å². The van der Waals surface area contributed by atoms with E-state index in [1.807, 2.05) is 6.92 Å². The quantitative estimate of drug-likeness (QED) is 0.556. The molecular weight excluding hydrogens is 413 g/mol. The number of hydrogen-bond acceptors (Lipinski definition) is 5. The molecule has 1 aliphatic rings. The van der Waals surface area contributed by atoms with Crippen molar-refractivity contribution in [3.05, 3.63) is 41.6 Å². The number of aliphatic hydroxyl groups excluding tert-OH is 1. The number of benzene rings is 1. The first-order valence-electron chi connectivity index (χ1n) is 10.8. The van der Waals surface area contributed by atoms with Gasteiger partial charge in [0.1, 0.15) is 18.2 Å². The number of aliphatic hydroxyl groups is 1. The molecule has 0 aromatic heterocycles. The minimum atomic E-state index is -0.904. The molecule has 2 rings (SSSR count). The molecular formula is C24H32FN3O4. The summed E-state index contributed by atoms with van der Waals surface area (Å²) in [6.07, 6.45) is 3.29. The summed E-state index contributed by atoms with van der Waals surface area (Å²) in [6.45, 7) is 7.27. The van der Waals surface area contributed by atoms with Crippen molar-refractivity contribution in [3.8, 4) is 5.75 Å². The maximum absolute atomic E-state index is 13.2. The number of rotatable bonds is 5. The highest BCUT2D eigenvalue weighted by Gasteiger charge is 2.33. The van der Waals surface area contributed by atoms with E-state index < -0.39 is 18.7 Å². The van der Waals surface area contributed by atoms with E-state index in [-0.39, 0.29) is 23.9 Å². The van der Waals surface area contributed by atoms with E-state index >= 15 is 0 Å². The van der Waals surface area contributed by atoms with Crippen LogP contribution in [0.5, 0.6) is 5.75 Å². The fraction of sp³-hybridized carbons (Fsp3) is 0.500. The summed E-state index contributed by atoms with van der Waals surface area (Å²) in [4.78, 5) is 34.8. The minimum absolute atomic E-state index is 0.0235. The molecule has 1 heterocycles. The number of hydrogen-bond donors (Lipinski definition) is 1. The molecule has 1 amide bonds. The molecule has 174 valence electrons. The van der Waals surface area contributed by atoms with E-state index in [0.29, 0.717) is 49.2 Å². The molecule has 2 atom stereocenters. The lowest BCUT2D eigenvalue weighted by Crippen LogP contribution is -2.35. The van der Waals surface area contributed by atoms with Crippen LogP contribution in [-0.2, 0) is 9.59 Å². The van der Waals surface area contributed by atoms with Gasteiger partial charge in [-0.25, -0.2) is 14.4 Å². The standard InChI is InChI=1S/C24H32FN3O4/c1-5-26-24(27-11-10-25)18-14-16(2)22(21(15-18)32-4)23-19(30)8-6-12-28(17(3)29)13-7-9-20(23)31/h5,11,14-15,19,23,30H,1,6-10,12-13H2,2-4H3/b26-24-,27-11-. The molecule has 0 radical (unpaired) electrons. The number of carbonyl (C=O) groups excluding carboxylic acids is 2. The molecule has 32 heavy (non-hydrogen) atoms. The first-order chi connectivity index (χ1) is 15.3. The van der Waals surface area contributed by atoms with Crippen molar-refractivity contribution < 1.29 is 23.8 Å². The van der Waals surface area contributed by atoms with Gasteiger partial charge in [0.2, 0.25) is 5.91 Å². The second-order valence-corrected chi connectivity index (χ2v) is 7.77. The number of alkyl halides is 1. The number of Topliss-reactive ketones (excluding diaryl/α,β-unsaturated/α-hetero) is 1. The number of amides is 1. The third-order valence-corrected chi connectivity index (χ3v) is 5.59. The Hall–Kier alpha value is -2.87. The number of ketones is 1. The fourth-order valence-electron chi connectivity index (χ4n) is 4.10. The first kappa shape index (κ1) is 25.4. The summed E-state index contributed by atoms with van der Waals surface area (Å²) in [7, 11) is 1.50. The Kier molecular flexibility index (Phi) is 9.71. The van der Waals surface area contributed by atoms with Gasteiger partial charge >= 0.3 is 0 Å². The molecule has 8 heteroatoms. The number of halogens is 1. The summed E-state index contributed by atoms with van der Waals surface area (Å²) in [5.74, 6) is -0.145. The molecule has 1 fully saturated rings. The van der Waals surface area contributed by atoms with Gasteiger partial charge in [-0.3, -0.25) is 9.59 Å². The van der Waals surface area contributed by atoms with Gasteiger partial charge in [0.15, 0.2) is 5.84 Å². The Bertz CT molecular complexity index is 897. The largest absolute Gasteiger partial charge is 0.496 e. The van der Waals surface area contributed by atoms with Crippen LogP contribution in [0, 0.1) is 6.92 Å². The van der Waals surface area contributed by atoms with Crippen LogP contribution >= 0.6 is 0 Å². The van der Waals surface area contributed by atoms with Crippen LogP contribution < -0.4 is 4.74 Å². The van der Waals surface area contributed by atoms with Crippen LogP contribution in [0.4, 0.5) is 4.39 Å². The van der Waals surface area contributed by atoms with Crippen LogP contribution in [0.2, 0.25) is 0 Å². The molecule has 0 bridgehead atoms. The summed E-state index contributed by atoms with van der Waals surface area (Å²) in [6, 6.07) is 3.49. The van der Waals surface area contributed by atoms with E-state index in [2.05, 4.69) is 16.6 Å². The van der Waals surface area contributed by atoms with Crippen LogP contribution in [0.15, 0.2) is 34.9 Å². The van der Waals surface area contributed by atoms with Crippen LogP contribution in [0.1, 0.15) is 55.2 Å². The zero-order valence-corrected chi connectivity index (χ0v) is 19.0. The van der Waals surface area contributed by atoms with Gasteiger partial charge in [0, 0.05) is 50.0 Å². The predicted octanol–water partition coefficient (Wildman–Crippen LogP) is 3.37. The summed E-state index contributed by atoms with van der Waals surface area (Å²) < 4.78 is 18.2. The SMILES string of the molecule is C=C/N=C(\N=C/CF)c1cc(C)c(C2C(=O)CCCN(C(C)=O)CCCC2O)c(OC)c1. The Morgan fingerprint density at radius 3 is 2.72 bits per heavy atom. The van der Waals surface area contributed by atoms with Gasteiger partial charge in [-0.15, -0.1) is 0 Å². The van der Waals surface area contributed by atoms with E-state index in [0.717, 1.165) is 11.8 Å². The maximum Gasteiger partial charge on any atom is 0.219 e. The molecule has 1 aromatic rings. The van der Waals surface area contributed by atoms with Crippen molar-refractivity contribution in [1.82, 2.24) is 4.90 Å². The highest BCUT2D eigenvalue weighted by Crippen LogP contribution is 2.37. The molecule has 0 aliphatic carbocycles. The van der Waals surface area contributed by atoms with E-state index in [9.17, 15) is 19.1 Å².